The van der Waals surface area contributed by atoms with Crippen LogP contribution in [0.3, 0.4) is 0 Å². The molecule has 0 fully saturated rings. The van der Waals surface area contributed by atoms with Gasteiger partial charge in [0.15, 0.2) is 6.29 Å². The highest BCUT2D eigenvalue weighted by molar-refractivity contribution is 6.30. The summed E-state index contributed by atoms with van der Waals surface area (Å²) in [6.07, 6.45) is 3.60. The number of benzene rings is 1. The molecule has 64 valence electrons. The third-order valence-electron chi connectivity index (χ3n) is 1.51. The van der Waals surface area contributed by atoms with Crippen LogP contribution in [-0.2, 0) is 0 Å². The number of aldehydes is 1. The Morgan fingerprint density at radius 2 is 2.15 bits per heavy atom. The monoisotopic (exact) mass is 191 g/mol. The van der Waals surface area contributed by atoms with Crippen LogP contribution in [0.2, 0.25) is 5.02 Å². The number of hydrogen-bond donors (Lipinski definition) is 0. The predicted molar refractivity (Wildman–Crippen MR) is 51.5 cm³/mol. The highest BCUT2D eigenvalue weighted by atomic mass is 35.5. The van der Waals surface area contributed by atoms with E-state index in [2.05, 4.69) is 0 Å². The average Bonchev–Trinajstić information content (AvgIpc) is 2.16. The van der Waals surface area contributed by atoms with Crippen LogP contribution in [0.1, 0.15) is 15.9 Å². The molecule has 0 unspecified atom stereocenters. The highest BCUT2D eigenvalue weighted by Gasteiger charge is 1.98. The van der Waals surface area contributed by atoms with Crippen molar-refractivity contribution in [3.05, 3.63) is 40.4 Å². The molecule has 0 radical (unpaired) electrons. The van der Waals surface area contributed by atoms with Crippen molar-refractivity contribution in [3.63, 3.8) is 0 Å². The summed E-state index contributed by atoms with van der Waals surface area (Å²) in [5.74, 6) is 0. The van der Waals surface area contributed by atoms with Crippen molar-refractivity contribution in [1.29, 1.82) is 5.26 Å². The molecule has 0 amide bonds. The van der Waals surface area contributed by atoms with Crippen molar-refractivity contribution >= 4 is 24.0 Å². The number of rotatable bonds is 2. The molecule has 3 heteroatoms. The Morgan fingerprint density at radius 1 is 1.38 bits per heavy atom. The Balaban J connectivity index is 3.15. The molecule has 0 atom stereocenters. The Kier molecular flexibility index (Phi) is 3.24. The van der Waals surface area contributed by atoms with Crippen LogP contribution in [0.25, 0.3) is 6.08 Å². The molecule has 0 spiro atoms. The van der Waals surface area contributed by atoms with E-state index in [1.165, 1.54) is 6.08 Å². The molecule has 0 saturated heterocycles. The number of nitriles is 1. The normalized spacial score (nSPS) is 9.85. The lowest BCUT2D eigenvalue weighted by molar-refractivity contribution is 0.112. The molecule has 2 nitrogen and oxygen atoms in total. The summed E-state index contributed by atoms with van der Waals surface area (Å²) in [5, 5.41) is 8.80. The molecule has 1 aromatic carbocycles. The second kappa shape index (κ2) is 4.44. The van der Waals surface area contributed by atoms with Crippen LogP contribution in [0, 0.1) is 11.3 Å². The summed E-state index contributed by atoms with van der Waals surface area (Å²) >= 11 is 5.68. The van der Waals surface area contributed by atoms with Gasteiger partial charge < -0.3 is 0 Å². The minimum Gasteiger partial charge on any atom is -0.298 e. The molecular weight excluding hydrogens is 186 g/mol. The van der Waals surface area contributed by atoms with Gasteiger partial charge in [0.1, 0.15) is 0 Å². The van der Waals surface area contributed by atoms with E-state index >= 15 is 0 Å². The smallest absolute Gasteiger partial charge is 0.150 e. The van der Waals surface area contributed by atoms with Gasteiger partial charge in [0.05, 0.1) is 6.07 Å². The zero-order chi connectivity index (χ0) is 9.68. The SMILES string of the molecule is N#CC=Cc1ccc(Cl)cc1C=O. The van der Waals surface area contributed by atoms with E-state index in [1.807, 2.05) is 6.07 Å². The largest absolute Gasteiger partial charge is 0.298 e. The highest BCUT2D eigenvalue weighted by Crippen LogP contribution is 2.15. The predicted octanol–water partition coefficient (Wildman–Crippen LogP) is 2.69. The fraction of sp³-hybridized carbons (Fsp3) is 0. The summed E-state index contributed by atoms with van der Waals surface area (Å²) < 4.78 is 0. The third-order valence-corrected chi connectivity index (χ3v) is 1.75. The maximum absolute atomic E-state index is 10.6. The number of carbonyl (C=O) groups excluding carboxylic acids is 1. The van der Waals surface area contributed by atoms with Gasteiger partial charge in [-0.15, -0.1) is 0 Å². The van der Waals surface area contributed by atoms with E-state index in [4.69, 9.17) is 16.9 Å². The van der Waals surface area contributed by atoms with Gasteiger partial charge in [-0.3, -0.25) is 4.79 Å². The minimum atomic E-state index is 0.485. The first-order valence-electron chi connectivity index (χ1n) is 3.59. The maximum Gasteiger partial charge on any atom is 0.150 e. The Hall–Kier alpha value is -1.59. The number of allylic oxidation sites excluding steroid dienone is 1. The van der Waals surface area contributed by atoms with Crippen molar-refractivity contribution in [2.75, 3.05) is 0 Å². The van der Waals surface area contributed by atoms with Gasteiger partial charge in [0.2, 0.25) is 0 Å². The Bertz CT molecular complexity index is 390. The van der Waals surface area contributed by atoms with Crippen LogP contribution in [-0.4, -0.2) is 6.29 Å². The number of halogens is 1. The van der Waals surface area contributed by atoms with Crippen LogP contribution in [0.4, 0.5) is 0 Å². The van der Waals surface area contributed by atoms with Gasteiger partial charge in [-0.1, -0.05) is 17.7 Å². The quantitative estimate of drug-likeness (QED) is 0.533. The van der Waals surface area contributed by atoms with E-state index in [1.54, 1.807) is 24.3 Å². The molecular formula is C10H6ClNO. The average molecular weight is 192 g/mol. The molecule has 13 heavy (non-hydrogen) atoms. The summed E-state index contributed by atoms with van der Waals surface area (Å²) in [7, 11) is 0. The maximum atomic E-state index is 10.6. The molecule has 0 saturated carbocycles. The number of nitrogens with zero attached hydrogens (tertiary/aromatic N) is 1. The van der Waals surface area contributed by atoms with Gasteiger partial charge in [-0.05, 0) is 23.8 Å². The van der Waals surface area contributed by atoms with Crippen molar-refractivity contribution in [2.24, 2.45) is 0 Å². The first-order valence-corrected chi connectivity index (χ1v) is 3.96. The zero-order valence-electron chi connectivity index (χ0n) is 6.70. The fourth-order valence-corrected chi connectivity index (χ4v) is 1.11. The second-order valence-electron chi connectivity index (χ2n) is 2.35. The number of hydrogen-bond acceptors (Lipinski definition) is 2. The lowest BCUT2D eigenvalue weighted by Crippen LogP contribution is -1.84. The lowest BCUT2D eigenvalue weighted by Gasteiger charge is -1.97. The van der Waals surface area contributed by atoms with E-state index in [-0.39, 0.29) is 0 Å². The summed E-state index contributed by atoms with van der Waals surface area (Å²) in [6, 6.07) is 6.78. The van der Waals surface area contributed by atoms with E-state index in [9.17, 15) is 4.79 Å². The molecule has 1 rings (SSSR count). The Morgan fingerprint density at radius 3 is 2.77 bits per heavy atom. The first kappa shape index (κ1) is 9.50. The molecule has 0 bridgehead atoms. The standard InChI is InChI=1S/C10H6ClNO/c11-10-4-3-8(2-1-5-12)9(6-10)7-13/h1-4,6-7H. The van der Waals surface area contributed by atoms with Crippen molar-refractivity contribution < 1.29 is 4.79 Å². The van der Waals surface area contributed by atoms with Gasteiger partial charge >= 0.3 is 0 Å². The topological polar surface area (TPSA) is 40.9 Å². The van der Waals surface area contributed by atoms with Crippen LogP contribution in [0.15, 0.2) is 24.3 Å². The third kappa shape index (κ3) is 2.43. The number of carbonyl (C=O) groups is 1. The molecule has 0 aliphatic carbocycles. The minimum absolute atomic E-state index is 0.485. The molecule has 0 N–H and O–H groups in total. The van der Waals surface area contributed by atoms with Crippen molar-refractivity contribution in [3.8, 4) is 6.07 Å². The molecule has 1 aromatic rings. The van der Waals surface area contributed by atoms with Gasteiger partial charge in [0, 0.05) is 16.7 Å². The molecule has 0 aromatic heterocycles. The van der Waals surface area contributed by atoms with Gasteiger partial charge in [0.25, 0.3) is 0 Å². The van der Waals surface area contributed by atoms with Crippen molar-refractivity contribution in [1.82, 2.24) is 0 Å². The fourth-order valence-electron chi connectivity index (χ4n) is 0.927. The van der Waals surface area contributed by atoms with E-state index in [0.29, 0.717) is 22.4 Å². The summed E-state index contributed by atoms with van der Waals surface area (Å²) in [4.78, 5) is 10.6. The molecule has 0 aliphatic rings. The van der Waals surface area contributed by atoms with Gasteiger partial charge in [-0.25, -0.2) is 0 Å². The summed E-state index contributed by atoms with van der Waals surface area (Å²) in [5.41, 5.74) is 1.18. The Labute approximate surface area is 81.1 Å². The van der Waals surface area contributed by atoms with Crippen LogP contribution >= 0.6 is 11.6 Å². The lowest BCUT2D eigenvalue weighted by atomic mass is 10.1. The summed E-state index contributed by atoms with van der Waals surface area (Å²) in [6.45, 7) is 0. The van der Waals surface area contributed by atoms with Crippen LogP contribution in [0.5, 0.6) is 0 Å². The zero-order valence-corrected chi connectivity index (χ0v) is 7.45. The molecule has 0 aliphatic heterocycles. The van der Waals surface area contributed by atoms with Crippen LogP contribution < -0.4 is 0 Å². The second-order valence-corrected chi connectivity index (χ2v) is 2.79. The van der Waals surface area contributed by atoms with Gasteiger partial charge in [-0.2, -0.15) is 5.26 Å². The molecule has 0 heterocycles. The first-order chi connectivity index (χ1) is 6.27. The van der Waals surface area contributed by atoms with Crippen molar-refractivity contribution in [2.45, 2.75) is 0 Å². The van der Waals surface area contributed by atoms with E-state index in [0.717, 1.165) is 0 Å². The van der Waals surface area contributed by atoms with E-state index < -0.39 is 0 Å².